The predicted octanol–water partition coefficient (Wildman–Crippen LogP) is 3.62. The van der Waals surface area contributed by atoms with Crippen molar-refractivity contribution in [3.05, 3.63) is 62.4 Å². The molecule has 1 N–H and O–H groups in total. The van der Waals surface area contributed by atoms with Crippen LogP contribution in [0.25, 0.3) is 0 Å². The minimum Gasteiger partial charge on any atom is -0.388 e. The van der Waals surface area contributed by atoms with Crippen LogP contribution in [0.15, 0.2) is 42.6 Å². The lowest BCUT2D eigenvalue weighted by Crippen LogP contribution is -2.02. The van der Waals surface area contributed by atoms with E-state index in [9.17, 15) is 5.11 Å². The van der Waals surface area contributed by atoms with Gasteiger partial charge in [0.15, 0.2) is 0 Å². The van der Waals surface area contributed by atoms with E-state index in [1.54, 1.807) is 18.3 Å². The SMILES string of the molecule is OC(Cc1ccc(I)cc1)c1ccc(Cl)nc1. The van der Waals surface area contributed by atoms with Crippen molar-refractivity contribution >= 4 is 34.2 Å². The Morgan fingerprint density at radius 3 is 2.47 bits per heavy atom. The lowest BCUT2D eigenvalue weighted by molar-refractivity contribution is 0.178. The highest BCUT2D eigenvalue weighted by Crippen LogP contribution is 2.19. The highest BCUT2D eigenvalue weighted by molar-refractivity contribution is 14.1. The summed E-state index contributed by atoms with van der Waals surface area (Å²) >= 11 is 7.96. The molecule has 2 aromatic rings. The van der Waals surface area contributed by atoms with E-state index >= 15 is 0 Å². The first-order valence-corrected chi connectivity index (χ1v) is 6.65. The molecule has 1 unspecified atom stereocenters. The summed E-state index contributed by atoms with van der Waals surface area (Å²) in [5, 5.41) is 10.5. The van der Waals surface area contributed by atoms with E-state index in [0.717, 1.165) is 11.1 Å². The number of hydrogen-bond acceptors (Lipinski definition) is 2. The number of halogens is 2. The molecular weight excluding hydrogens is 349 g/mol. The van der Waals surface area contributed by atoms with Crippen LogP contribution >= 0.6 is 34.2 Å². The minimum absolute atomic E-state index is 0.440. The summed E-state index contributed by atoms with van der Waals surface area (Å²) in [5.41, 5.74) is 1.89. The van der Waals surface area contributed by atoms with Gasteiger partial charge < -0.3 is 5.11 Å². The number of aliphatic hydroxyl groups excluding tert-OH is 1. The average molecular weight is 360 g/mol. The maximum Gasteiger partial charge on any atom is 0.129 e. The summed E-state index contributed by atoms with van der Waals surface area (Å²) < 4.78 is 1.19. The van der Waals surface area contributed by atoms with Gasteiger partial charge in [-0.25, -0.2) is 4.98 Å². The number of aromatic nitrogens is 1. The third kappa shape index (κ3) is 3.66. The molecule has 1 atom stereocenters. The van der Waals surface area contributed by atoms with Gasteiger partial charge in [0.25, 0.3) is 0 Å². The molecule has 0 aliphatic heterocycles. The Kier molecular flexibility index (Phi) is 4.36. The van der Waals surface area contributed by atoms with Crippen molar-refractivity contribution in [2.45, 2.75) is 12.5 Å². The van der Waals surface area contributed by atoms with Crippen LogP contribution in [0.1, 0.15) is 17.2 Å². The Bertz CT molecular complexity index is 484. The van der Waals surface area contributed by atoms with Crippen LogP contribution in [0.5, 0.6) is 0 Å². The molecule has 1 aromatic carbocycles. The van der Waals surface area contributed by atoms with Crippen LogP contribution in [0, 0.1) is 3.57 Å². The monoisotopic (exact) mass is 359 g/mol. The second-order valence-electron chi connectivity index (χ2n) is 3.76. The van der Waals surface area contributed by atoms with Gasteiger partial charge in [-0.3, -0.25) is 0 Å². The van der Waals surface area contributed by atoms with E-state index in [1.807, 2.05) is 24.3 Å². The number of rotatable bonds is 3. The van der Waals surface area contributed by atoms with Crippen molar-refractivity contribution in [3.63, 3.8) is 0 Å². The van der Waals surface area contributed by atoms with Crippen LogP contribution in [-0.4, -0.2) is 10.1 Å². The molecule has 0 saturated heterocycles. The molecular formula is C13H11ClINO. The number of benzene rings is 1. The summed E-state index contributed by atoms with van der Waals surface area (Å²) in [6.07, 6.45) is 1.65. The molecule has 2 rings (SSSR count). The Morgan fingerprint density at radius 1 is 1.18 bits per heavy atom. The molecule has 1 heterocycles. The third-order valence-corrected chi connectivity index (χ3v) is 3.42. The van der Waals surface area contributed by atoms with Gasteiger partial charge in [0.1, 0.15) is 5.15 Å². The molecule has 0 aliphatic carbocycles. The number of nitrogens with zero attached hydrogens (tertiary/aromatic N) is 1. The second-order valence-corrected chi connectivity index (χ2v) is 5.39. The standard InChI is InChI=1S/C13H11ClINO/c14-13-6-3-10(8-16-13)12(17)7-9-1-4-11(15)5-2-9/h1-6,8,12,17H,7H2. The van der Waals surface area contributed by atoms with E-state index < -0.39 is 6.10 Å². The first-order valence-electron chi connectivity index (χ1n) is 5.19. The summed E-state index contributed by atoms with van der Waals surface area (Å²) in [6, 6.07) is 11.6. The van der Waals surface area contributed by atoms with Gasteiger partial charge in [0, 0.05) is 16.2 Å². The van der Waals surface area contributed by atoms with Gasteiger partial charge in [-0.2, -0.15) is 0 Å². The normalized spacial score (nSPS) is 12.4. The zero-order chi connectivity index (χ0) is 12.3. The van der Waals surface area contributed by atoms with Crippen LogP contribution in [0.2, 0.25) is 5.15 Å². The van der Waals surface area contributed by atoms with Gasteiger partial charge in [0.2, 0.25) is 0 Å². The van der Waals surface area contributed by atoms with Gasteiger partial charge in [0.05, 0.1) is 6.10 Å². The van der Waals surface area contributed by atoms with Crippen molar-refractivity contribution in [1.29, 1.82) is 0 Å². The van der Waals surface area contributed by atoms with Gasteiger partial charge in [-0.1, -0.05) is 29.8 Å². The number of aliphatic hydroxyl groups is 1. The van der Waals surface area contributed by atoms with Gasteiger partial charge >= 0.3 is 0 Å². The topological polar surface area (TPSA) is 33.1 Å². The van der Waals surface area contributed by atoms with Crippen molar-refractivity contribution in [2.75, 3.05) is 0 Å². The van der Waals surface area contributed by atoms with Crippen LogP contribution in [0.4, 0.5) is 0 Å². The summed E-state index contributed by atoms with van der Waals surface area (Å²) in [5.74, 6) is 0. The van der Waals surface area contributed by atoms with Crippen molar-refractivity contribution in [1.82, 2.24) is 4.98 Å². The predicted molar refractivity (Wildman–Crippen MR) is 77.1 cm³/mol. The third-order valence-electron chi connectivity index (χ3n) is 2.48. The molecule has 0 bridgehead atoms. The average Bonchev–Trinajstić information content (AvgIpc) is 2.33. The fourth-order valence-electron chi connectivity index (χ4n) is 1.55. The molecule has 0 spiro atoms. The smallest absolute Gasteiger partial charge is 0.129 e. The number of hydrogen-bond donors (Lipinski definition) is 1. The first kappa shape index (κ1) is 12.8. The molecule has 0 radical (unpaired) electrons. The molecule has 17 heavy (non-hydrogen) atoms. The Balaban J connectivity index is 2.08. The minimum atomic E-state index is -0.542. The van der Waals surface area contributed by atoms with E-state index in [4.69, 9.17) is 11.6 Å². The highest BCUT2D eigenvalue weighted by Gasteiger charge is 2.08. The molecule has 4 heteroatoms. The van der Waals surface area contributed by atoms with Crippen molar-refractivity contribution in [2.24, 2.45) is 0 Å². The quantitative estimate of drug-likeness (QED) is 0.671. The Labute approximate surface area is 119 Å². The van der Waals surface area contributed by atoms with E-state index in [0.29, 0.717) is 11.6 Å². The van der Waals surface area contributed by atoms with E-state index in [1.165, 1.54) is 3.57 Å². The summed E-state index contributed by atoms with van der Waals surface area (Å²) in [4.78, 5) is 3.96. The first-order chi connectivity index (χ1) is 8.15. The molecule has 0 saturated carbocycles. The molecule has 88 valence electrons. The lowest BCUT2D eigenvalue weighted by Gasteiger charge is -2.10. The number of pyridine rings is 1. The van der Waals surface area contributed by atoms with E-state index in [2.05, 4.69) is 27.6 Å². The zero-order valence-electron chi connectivity index (χ0n) is 8.98. The molecule has 0 amide bonds. The summed E-state index contributed by atoms with van der Waals surface area (Å²) in [6.45, 7) is 0. The lowest BCUT2D eigenvalue weighted by atomic mass is 10.0. The van der Waals surface area contributed by atoms with Crippen molar-refractivity contribution < 1.29 is 5.11 Å². The van der Waals surface area contributed by atoms with Crippen LogP contribution < -0.4 is 0 Å². The zero-order valence-corrected chi connectivity index (χ0v) is 11.9. The molecule has 1 aromatic heterocycles. The van der Waals surface area contributed by atoms with Gasteiger partial charge in [-0.05, 0) is 51.9 Å². The van der Waals surface area contributed by atoms with Crippen LogP contribution in [0.3, 0.4) is 0 Å². The summed E-state index contributed by atoms with van der Waals surface area (Å²) in [7, 11) is 0. The largest absolute Gasteiger partial charge is 0.388 e. The second kappa shape index (κ2) is 5.80. The molecule has 2 nitrogen and oxygen atoms in total. The molecule has 0 aliphatic rings. The highest BCUT2D eigenvalue weighted by atomic mass is 127. The van der Waals surface area contributed by atoms with Crippen molar-refractivity contribution in [3.8, 4) is 0 Å². The Hall–Kier alpha value is -0.650. The van der Waals surface area contributed by atoms with Gasteiger partial charge in [-0.15, -0.1) is 0 Å². The molecule has 0 fully saturated rings. The fraction of sp³-hybridized carbons (Fsp3) is 0.154. The van der Waals surface area contributed by atoms with Crippen LogP contribution in [-0.2, 0) is 6.42 Å². The Morgan fingerprint density at radius 2 is 1.88 bits per heavy atom. The maximum absolute atomic E-state index is 10.0. The fourth-order valence-corrected chi connectivity index (χ4v) is 2.02. The van der Waals surface area contributed by atoms with E-state index in [-0.39, 0.29) is 0 Å². The maximum atomic E-state index is 10.0.